The number of rotatable bonds is 3. The third kappa shape index (κ3) is 3.39. The molecule has 4 nitrogen and oxygen atoms in total. The van der Waals surface area contributed by atoms with Crippen molar-refractivity contribution in [1.29, 1.82) is 0 Å². The van der Waals surface area contributed by atoms with Gasteiger partial charge in [0.2, 0.25) is 5.91 Å². The Morgan fingerprint density at radius 1 is 1.24 bits per heavy atom. The highest BCUT2D eigenvalue weighted by Crippen LogP contribution is 2.28. The Morgan fingerprint density at radius 3 is 2.86 bits per heavy atom. The van der Waals surface area contributed by atoms with Gasteiger partial charge in [0.15, 0.2) is 0 Å². The molecule has 1 aromatic rings. The normalized spacial score (nSPS) is 21.8. The Bertz CT molecular complexity index is 494. The van der Waals surface area contributed by atoms with Gasteiger partial charge >= 0.3 is 0 Å². The van der Waals surface area contributed by atoms with E-state index in [1.54, 1.807) is 0 Å². The number of carbonyl (C=O) groups excluding carboxylic acids is 1. The highest BCUT2D eigenvalue weighted by molar-refractivity contribution is 5.96. The maximum Gasteiger partial charge on any atom is 0.241 e. The summed E-state index contributed by atoms with van der Waals surface area (Å²) in [5.41, 5.74) is 8.22. The summed E-state index contributed by atoms with van der Waals surface area (Å²) >= 11 is 0. The van der Waals surface area contributed by atoms with E-state index in [1.165, 1.54) is 18.4 Å². The van der Waals surface area contributed by atoms with E-state index < -0.39 is 0 Å². The van der Waals surface area contributed by atoms with Gasteiger partial charge in [0, 0.05) is 24.8 Å². The zero-order valence-corrected chi connectivity index (χ0v) is 13.1. The SMILES string of the molecule is Cl.NCC1CCCCN1CC(=O)N1CCc2ccccc21. The Labute approximate surface area is 132 Å². The molecule has 1 aromatic carbocycles. The number of amides is 1. The Kier molecular flexibility index (Phi) is 5.62. The first-order chi connectivity index (χ1) is 9.79. The fourth-order valence-corrected chi connectivity index (χ4v) is 3.39. The fourth-order valence-electron chi connectivity index (χ4n) is 3.39. The molecule has 0 radical (unpaired) electrons. The average Bonchev–Trinajstić information content (AvgIpc) is 2.92. The molecule has 2 aliphatic rings. The number of fused-ring (bicyclic) bond motifs is 1. The predicted molar refractivity (Wildman–Crippen MR) is 88.0 cm³/mol. The number of piperidine rings is 1. The molecular formula is C16H24ClN3O. The summed E-state index contributed by atoms with van der Waals surface area (Å²) in [5, 5.41) is 0. The lowest BCUT2D eigenvalue weighted by Crippen LogP contribution is -2.49. The summed E-state index contributed by atoms with van der Waals surface area (Å²) in [7, 11) is 0. The monoisotopic (exact) mass is 309 g/mol. The maximum atomic E-state index is 12.6. The van der Waals surface area contributed by atoms with E-state index in [2.05, 4.69) is 17.0 Å². The van der Waals surface area contributed by atoms with E-state index in [-0.39, 0.29) is 18.3 Å². The molecule has 1 atom stereocenters. The number of carbonyl (C=O) groups is 1. The summed E-state index contributed by atoms with van der Waals surface area (Å²) in [6, 6.07) is 8.60. The Morgan fingerprint density at radius 2 is 2.05 bits per heavy atom. The molecule has 0 spiro atoms. The van der Waals surface area contributed by atoms with Gasteiger partial charge in [-0.15, -0.1) is 12.4 Å². The first kappa shape index (κ1) is 16.3. The van der Waals surface area contributed by atoms with Gasteiger partial charge in [-0.25, -0.2) is 0 Å². The summed E-state index contributed by atoms with van der Waals surface area (Å²) in [6.07, 6.45) is 4.52. The number of benzene rings is 1. The van der Waals surface area contributed by atoms with Crippen LogP contribution >= 0.6 is 12.4 Å². The molecule has 0 bridgehead atoms. The van der Waals surface area contributed by atoms with E-state index in [1.807, 2.05) is 17.0 Å². The first-order valence-electron chi connectivity index (χ1n) is 7.62. The molecule has 116 valence electrons. The van der Waals surface area contributed by atoms with Gasteiger partial charge in [0.25, 0.3) is 0 Å². The van der Waals surface area contributed by atoms with Gasteiger partial charge in [-0.2, -0.15) is 0 Å². The van der Waals surface area contributed by atoms with Crippen LogP contribution in [0, 0.1) is 0 Å². The third-order valence-corrected chi connectivity index (χ3v) is 4.55. The lowest BCUT2D eigenvalue weighted by Gasteiger charge is -2.35. The van der Waals surface area contributed by atoms with Crippen molar-refractivity contribution in [3.8, 4) is 0 Å². The lowest BCUT2D eigenvalue weighted by atomic mass is 10.0. The van der Waals surface area contributed by atoms with Crippen molar-refractivity contribution < 1.29 is 4.79 Å². The van der Waals surface area contributed by atoms with Gasteiger partial charge in [0.1, 0.15) is 0 Å². The van der Waals surface area contributed by atoms with E-state index in [4.69, 9.17) is 5.73 Å². The van der Waals surface area contributed by atoms with Gasteiger partial charge < -0.3 is 10.6 Å². The molecular weight excluding hydrogens is 286 g/mol. The summed E-state index contributed by atoms with van der Waals surface area (Å²) in [4.78, 5) is 16.8. The van der Waals surface area contributed by atoms with Crippen molar-refractivity contribution in [3.05, 3.63) is 29.8 Å². The molecule has 1 saturated heterocycles. The smallest absolute Gasteiger partial charge is 0.241 e. The summed E-state index contributed by atoms with van der Waals surface area (Å²) in [5.74, 6) is 0.218. The summed E-state index contributed by atoms with van der Waals surface area (Å²) in [6.45, 7) is 2.99. The molecule has 5 heteroatoms. The molecule has 2 N–H and O–H groups in total. The predicted octanol–water partition coefficient (Wildman–Crippen LogP) is 1.81. The molecule has 1 fully saturated rings. The van der Waals surface area contributed by atoms with Crippen LogP contribution in [0.3, 0.4) is 0 Å². The number of para-hydroxylation sites is 1. The largest absolute Gasteiger partial charge is 0.329 e. The first-order valence-corrected chi connectivity index (χ1v) is 7.62. The highest BCUT2D eigenvalue weighted by Gasteiger charge is 2.28. The van der Waals surface area contributed by atoms with Crippen LogP contribution in [-0.2, 0) is 11.2 Å². The second-order valence-electron chi connectivity index (χ2n) is 5.78. The topological polar surface area (TPSA) is 49.6 Å². The molecule has 1 unspecified atom stereocenters. The van der Waals surface area contributed by atoms with Crippen LogP contribution in [0.15, 0.2) is 24.3 Å². The van der Waals surface area contributed by atoms with Gasteiger partial charge in [-0.1, -0.05) is 24.6 Å². The standard InChI is InChI=1S/C16H23N3O.ClH/c17-11-14-6-3-4-9-18(14)12-16(20)19-10-8-13-5-1-2-7-15(13)19;/h1-2,5,7,14H,3-4,6,8-12,17H2;1H. The molecule has 21 heavy (non-hydrogen) atoms. The van der Waals surface area contributed by atoms with Crippen LogP contribution in [0.25, 0.3) is 0 Å². The van der Waals surface area contributed by atoms with Crippen molar-refractivity contribution in [3.63, 3.8) is 0 Å². The molecule has 0 aliphatic carbocycles. The van der Waals surface area contributed by atoms with Crippen LogP contribution in [0.1, 0.15) is 24.8 Å². The number of nitrogens with two attached hydrogens (primary N) is 1. The number of hydrogen-bond donors (Lipinski definition) is 1. The van der Waals surface area contributed by atoms with Crippen molar-refractivity contribution in [2.75, 3.05) is 31.1 Å². The molecule has 0 aromatic heterocycles. The van der Waals surface area contributed by atoms with Crippen molar-refractivity contribution >= 4 is 24.0 Å². The maximum absolute atomic E-state index is 12.6. The van der Waals surface area contributed by atoms with Crippen LogP contribution in [0.5, 0.6) is 0 Å². The number of hydrogen-bond acceptors (Lipinski definition) is 3. The Hall–Kier alpha value is -1.10. The molecule has 3 rings (SSSR count). The minimum absolute atomic E-state index is 0. The second kappa shape index (κ2) is 7.25. The zero-order valence-electron chi connectivity index (χ0n) is 12.3. The molecule has 2 heterocycles. The number of likely N-dealkylation sites (tertiary alicyclic amines) is 1. The van der Waals surface area contributed by atoms with E-state index in [0.29, 0.717) is 19.1 Å². The van der Waals surface area contributed by atoms with E-state index in [9.17, 15) is 4.79 Å². The summed E-state index contributed by atoms with van der Waals surface area (Å²) < 4.78 is 0. The number of anilines is 1. The van der Waals surface area contributed by atoms with Gasteiger partial charge in [-0.05, 0) is 37.4 Å². The number of halogens is 1. The fraction of sp³-hybridized carbons (Fsp3) is 0.562. The molecule has 1 amide bonds. The molecule has 2 aliphatic heterocycles. The highest BCUT2D eigenvalue weighted by atomic mass is 35.5. The second-order valence-corrected chi connectivity index (χ2v) is 5.78. The van der Waals surface area contributed by atoms with E-state index >= 15 is 0 Å². The van der Waals surface area contributed by atoms with E-state index in [0.717, 1.165) is 31.6 Å². The van der Waals surface area contributed by atoms with Gasteiger partial charge in [0.05, 0.1) is 6.54 Å². The van der Waals surface area contributed by atoms with Crippen molar-refractivity contribution in [2.45, 2.75) is 31.7 Å². The van der Waals surface area contributed by atoms with Crippen LogP contribution in [-0.4, -0.2) is 43.0 Å². The van der Waals surface area contributed by atoms with Crippen molar-refractivity contribution in [2.24, 2.45) is 5.73 Å². The minimum Gasteiger partial charge on any atom is -0.329 e. The third-order valence-electron chi connectivity index (χ3n) is 4.55. The Balaban J connectivity index is 0.00000161. The number of nitrogens with zero attached hydrogens (tertiary/aromatic N) is 2. The minimum atomic E-state index is 0. The lowest BCUT2D eigenvalue weighted by molar-refractivity contribution is -0.120. The van der Waals surface area contributed by atoms with Crippen LogP contribution in [0.4, 0.5) is 5.69 Å². The van der Waals surface area contributed by atoms with Crippen molar-refractivity contribution in [1.82, 2.24) is 4.90 Å². The van der Waals surface area contributed by atoms with Crippen LogP contribution in [0.2, 0.25) is 0 Å². The van der Waals surface area contributed by atoms with Crippen LogP contribution < -0.4 is 10.6 Å². The molecule has 0 saturated carbocycles. The average molecular weight is 310 g/mol. The zero-order chi connectivity index (χ0) is 13.9. The quantitative estimate of drug-likeness (QED) is 0.926. The van der Waals surface area contributed by atoms with Gasteiger partial charge in [-0.3, -0.25) is 9.69 Å².